The number of carbonyl (C=O) groups excluding carboxylic acids is 2. The fourth-order valence-corrected chi connectivity index (χ4v) is 2.82. The number of hydrogen-bond donors (Lipinski definition) is 1. The lowest BCUT2D eigenvalue weighted by Gasteiger charge is -2.28. The van der Waals surface area contributed by atoms with Crippen molar-refractivity contribution in [1.29, 1.82) is 0 Å². The van der Waals surface area contributed by atoms with Crippen LogP contribution >= 0.6 is 0 Å². The number of rotatable bonds is 9. The molecule has 1 amide bonds. The molecule has 0 bridgehead atoms. The van der Waals surface area contributed by atoms with Gasteiger partial charge >= 0.3 is 5.97 Å². The Kier molecular flexibility index (Phi) is 6.64. The lowest BCUT2D eigenvalue weighted by molar-refractivity contribution is -0.141. The number of amides is 1. The molecule has 144 valence electrons. The summed E-state index contributed by atoms with van der Waals surface area (Å²) in [5, 5.41) is 2.87. The summed E-state index contributed by atoms with van der Waals surface area (Å²) in [5.41, 5.74) is -0.0538. The average Bonchev–Trinajstić information content (AvgIpc) is 3.45. The molecule has 1 aromatic rings. The van der Waals surface area contributed by atoms with Crippen LogP contribution in [0.5, 0.6) is 5.75 Å². The van der Waals surface area contributed by atoms with Crippen LogP contribution in [0.1, 0.15) is 50.9 Å². The third-order valence-electron chi connectivity index (χ3n) is 4.47. The zero-order chi connectivity index (χ0) is 19.3. The summed E-state index contributed by atoms with van der Waals surface area (Å²) in [6.45, 7) is 8.71. The molecule has 1 fully saturated rings. The highest BCUT2D eigenvalue weighted by Crippen LogP contribution is 2.42. The van der Waals surface area contributed by atoms with Gasteiger partial charge in [-0.15, -0.1) is 0 Å². The molecule has 26 heavy (non-hydrogen) atoms. The summed E-state index contributed by atoms with van der Waals surface area (Å²) in [6, 6.07) is 4.98. The second-order valence-corrected chi connectivity index (χ2v) is 7.18. The van der Waals surface area contributed by atoms with Crippen LogP contribution in [0, 0.1) is 11.8 Å². The van der Waals surface area contributed by atoms with Crippen molar-refractivity contribution in [3.05, 3.63) is 23.8 Å². The normalized spacial score (nSPS) is 16.1. The first-order valence-electron chi connectivity index (χ1n) is 9.12. The second-order valence-electron chi connectivity index (χ2n) is 7.18. The Balaban J connectivity index is 2.21. The maximum absolute atomic E-state index is 12.8. The van der Waals surface area contributed by atoms with Crippen molar-refractivity contribution in [1.82, 2.24) is 0 Å². The van der Waals surface area contributed by atoms with Crippen molar-refractivity contribution < 1.29 is 23.8 Å². The molecular formula is C20H29NO5. The number of nitrogens with one attached hydrogen (secondary N) is 1. The van der Waals surface area contributed by atoms with Crippen LogP contribution in [-0.2, 0) is 14.3 Å². The summed E-state index contributed by atoms with van der Waals surface area (Å²) < 4.78 is 16.3. The van der Waals surface area contributed by atoms with E-state index in [9.17, 15) is 9.59 Å². The Morgan fingerprint density at radius 3 is 2.54 bits per heavy atom. The van der Waals surface area contributed by atoms with Crippen molar-refractivity contribution in [2.75, 3.05) is 25.6 Å². The van der Waals surface area contributed by atoms with Gasteiger partial charge in [0.05, 0.1) is 13.7 Å². The van der Waals surface area contributed by atoms with Gasteiger partial charge in [-0.1, -0.05) is 13.8 Å². The highest BCUT2D eigenvalue weighted by Gasteiger charge is 2.48. The predicted octanol–water partition coefficient (Wildman–Crippen LogP) is 3.65. The van der Waals surface area contributed by atoms with E-state index in [4.69, 9.17) is 14.2 Å². The standard InChI is InChI=1S/C20H29NO5/c1-6-26-20(4,14-7-8-14)19(23)21-15-9-10-17(25-12-13(2)3)16(11-15)18(22)24-5/h9-11,13-14H,6-8,12H2,1-5H3,(H,21,23). The molecule has 6 heteroatoms. The maximum Gasteiger partial charge on any atom is 0.341 e. The summed E-state index contributed by atoms with van der Waals surface area (Å²) >= 11 is 0. The largest absolute Gasteiger partial charge is 0.492 e. The number of ether oxygens (including phenoxy) is 3. The molecule has 2 rings (SSSR count). The number of carbonyl (C=O) groups is 2. The highest BCUT2D eigenvalue weighted by atomic mass is 16.5. The monoisotopic (exact) mass is 363 g/mol. The highest BCUT2D eigenvalue weighted by molar-refractivity contribution is 5.99. The lowest BCUT2D eigenvalue weighted by Crippen LogP contribution is -2.44. The van der Waals surface area contributed by atoms with E-state index in [-0.39, 0.29) is 17.4 Å². The maximum atomic E-state index is 12.8. The first-order valence-corrected chi connectivity index (χ1v) is 9.12. The van der Waals surface area contributed by atoms with Gasteiger partial charge in [-0.05, 0) is 56.7 Å². The van der Waals surface area contributed by atoms with Gasteiger partial charge in [0.2, 0.25) is 0 Å². The van der Waals surface area contributed by atoms with Crippen molar-refractivity contribution in [2.45, 2.75) is 46.1 Å². The number of esters is 1. The van der Waals surface area contributed by atoms with Crippen molar-refractivity contribution in [2.24, 2.45) is 11.8 Å². The number of benzene rings is 1. The molecule has 0 aromatic heterocycles. The zero-order valence-electron chi connectivity index (χ0n) is 16.3. The van der Waals surface area contributed by atoms with Crippen LogP contribution in [0.25, 0.3) is 0 Å². The molecule has 1 unspecified atom stereocenters. The predicted molar refractivity (Wildman–Crippen MR) is 99.5 cm³/mol. The summed E-state index contributed by atoms with van der Waals surface area (Å²) in [4.78, 5) is 24.9. The van der Waals surface area contributed by atoms with Crippen molar-refractivity contribution in [3.63, 3.8) is 0 Å². The third kappa shape index (κ3) is 4.75. The minimum Gasteiger partial charge on any atom is -0.492 e. The summed E-state index contributed by atoms with van der Waals surface area (Å²) in [6.07, 6.45) is 1.97. The van der Waals surface area contributed by atoms with Crippen molar-refractivity contribution in [3.8, 4) is 5.75 Å². The van der Waals surface area contributed by atoms with E-state index >= 15 is 0 Å². The Labute approximate surface area is 155 Å². The smallest absolute Gasteiger partial charge is 0.341 e. The molecule has 1 atom stereocenters. The van der Waals surface area contributed by atoms with Crippen LogP contribution in [0.15, 0.2) is 18.2 Å². The molecule has 0 aliphatic heterocycles. The molecule has 0 saturated heterocycles. The van der Waals surface area contributed by atoms with Crippen LogP contribution in [0.2, 0.25) is 0 Å². The first-order chi connectivity index (χ1) is 12.3. The number of methoxy groups -OCH3 is 1. The molecule has 0 radical (unpaired) electrons. The van der Waals surface area contributed by atoms with Crippen LogP contribution in [-0.4, -0.2) is 37.8 Å². The minimum atomic E-state index is -0.854. The lowest BCUT2D eigenvalue weighted by atomic mass is 9.98. The third-order valence-corrected chi connectivity index (χ3v) is 4.47. The van der Waals surface area contributed by atoms with E-state index in [1.54, 1.807) is 18.2 Å². The Morgan fingerprint density at radius 2 is 2.00 bits per heavy atom. The van der Waals surface area contributed by atoms with Gasteiger partial charge in [0, 0.05) is 12.3 Å². The number of anilines is 1. The molecule has 1 aliphatic rings. The molecule has 0 heterocycles. The molecule has 1 aromatic carbocycles. The van der Waals surface area contributed by atoms with Crippen LogP contribution in [0.3, 0.4) is 0 Å². The van der Waals surface area contributed by atoms with E-state index in [2.05, 4.69) is 5.32 Å². The number of hydrogen-bond acceptors (Lipinski definition) is 5. The molecule has 1 aliphatic carbocycles. The van der Waals surface area contributed by atoms with Gasteiger partial charge < -0.3 is 19.5 Å². The molecule has 1 saturated carbocycles. The summed E-state index contributed by atoms with van der Waals surface area (Å²) in [7, 11) is 1.32. The molecule has 1 N–H and O–H groups in total. The van der Waals surface area contributed by atoms with Gasteiger partial charge in [-0.2, -0.15) is 0 Å². The van der Waals surface area contributed by atoms with Crippen LogP contribution < -0.4 is 10.1 Å². The fraction of sp³-hybridized carbons (Fsp3) is 0.600. The second kappa shape index (κ2) is 8.54. The molecule has 6 nitrogen and oxygen atoms in total. The molecular weight excluding hydrogens is 334 g/mol. The van der Waals surface area contributed by atoms with Gasteiger partial charge in [0.1, 0.15) is 16.9 Å². The summed E-state index contributed by atoms with van der Waals surface area (Å²) in [5.74, 6) is 0.294. The zero-order valence-corrected chi connectivity index (χ0v) is 16.3. The van der Waals surface area contributed by atoms with E-state index < -0.39 is 11.6 Å². The van der Waals surface area contributed by atoms with E-state index in [1.165, 1.54) is 7.11 Å². The average molecular weight is 363 g/mol. The van der Waals surface area contributed by atoms with Crippen LogP contribution in [0.4, 0.5) is 5.69 Å². The minimum absolute atomic E-state index is 0.200. The van der Waals surface area contributed by atoms with E-state index in [0.29, 0.717) is 30.6 Å². The van der Waals surface area contributed by atoms with Gasteiger partial charge in [0.25, 0.3) is 5.91 Å². The Bertz CT molecular complexity index is 654. The van der Waals surface area contributed by atoms with Gasteiger partial charge in [-0.3, -0.25) is 4.79 Å². The Morgan fingerprint density at radius 1 is 1.31 bits per heavy atom. The van der Waals surface area contributed by atoms with Crippen molar-refractivity contribution >= 4 is 17.6 Å². The first kappa shape index (κ1) is 20.2. The Hall–Kier alpha value is -2.08. The topological polar surface area (TPSA) is 73.9 Å². The van der Waals surface area contributed by atoms with E-state index in [0.717, 1.165) is 12.8 Å². The van der Waals surface area contributed by atoms with Gasteiger partial charge in [-0.25, -0.2) is 4.79 Å². The molecule has 0 spiro atoms. The SMILES string of the molecule is CCOC(C)(C(=O)Nc1ccc(OCC(C)C)c(C(=O)OC)c1)C1CC1. The fourth-order valence-electron chi connectivity index (χ4n) is 2.82. The quantitative estimate of drug-likeness (QED) is 0.678. The van der Waals surface area contributed by atoms with Gasteiger partial charge in [0.15, 0.2) is 0 Å². The van der Waals surface area contributed by atoms with E-state index in [1.807, 2.05) is 27.7 Å².